The molecule has 2 heterocycles. The maximum Gasteiger partial charge on any atom is 0.251 e. The molecular weight excluding hydrogens is 348 g/mol. The molecule has 2 saturated heterocycles. The number of rotatable bonds is 5. The molecule has 0 saturated carbocycles. The Morgan fingerprint density at radius 1 is 1.11 bits per heavy atom. The number of hydrogen-bond donors (Lipinski definition) is 1. The first kappa shape index (κ1) is 19.0. The van der Waals surface area contributed by atoms with Gasteiger partial charge < -0.3 is 10.1 Å². The number of carbonyl (C=O) groups excluding carboxylic acids is 1. The Kier molecular flexibility index (Phi) is 5.67. The van der Waals surface area contributed by atoms with Gasteiger partial charge in [0.15, 0.2) is 0 Å². The van der Waals surface area contributed by atoms with E-state index in [1.807, 2.05) is 43.3 Å². The Balaban J connectivity index is 1.44. The van der Waals surface area contributed by atoms with Gasteiger partial charge in [0.2, 0.25) is 0 Å². The van der Waals surface area contributed by atoms with E-state index >= 15 is 0 Å². The second-order valence-corrected chi connectivity index (χ2v) is 8.23. The highest BCUT2D eigenvalue weighted by atomic mass is 16.5. The van der Waals surface area contributed by atoms with Crippen LogP contribution in [0.5, 0.6) is 5.75 Å². The van der Waals surface area contributed by atoms with E-state index in [1.165, 1.54) is 24.8 Å². The van der Waals surface area contributed by atoms with Gasteiger partial charge in [-0.1, -0.05) is 42.3 Å². The molecule has 0 aliphatic carbocycles. The number of amides is 1. The van der Waals surface area contributed by atoms with Gasteiger partial charge in [0, 0.05) is 35.8 Å². The van der Waals surface area contributed by atoms with Crippen molar-refractivity contribution >= 4 is 5.91 Å². The van der Waals surface area contributed by atoms with Crippen LogP contribution in [-0.2, 0) is 6.54 Å². The van der Waals surface area contributed by atoms with Crippen LogP contribution >= 0.6 is 0 Å². The highest BCUT2D eigenvalue weighted by molar-refractivity contribution is 5.94. The minimum Gasteiger partial charge on any atom is -0.496 e. The summed E-state index contributed by atoms with van der Waals surface area (Å²) in [6.07, 6.45) is 5.77. The van der Waals surface area contributed by atoms with Crippen molar-refractivity contribution in [2.45, 2.75) is 63.7 Å². The van der Waals surface area contributed by atoms with Crippen LogP contribution in [0.25, 0.3) is 0 Å². The smallest absolute Gasteiger partial charge is 0.251 e. The number of fused-ring (bicyclic) bond motifs is 2. The normalized spacial score (nSPS) is 24.6. The summed E-state index contributed by atoms with van der Waals surface area (Å²) in [5.41, 5.74) is 3.14. The molecule has 2 fully saturated rings. The lowest BCUT2D eigenvalue weighted by molar-refractivity contribution is 0.0172. The summed E-state index contributed by atoms with van der Waals surface area (Å²) in [6.45, 7) is 2.95. The van der Waals surface area contributed by atoms with Gasteiger partial charge in [0.05, 0.1) is 7.11 Å². The first-order valence-corrected chi connectivity index (χ1v) is 10.4. The van der Waals surface area contributed by atoms with Crippen LogP contribution < -0.4 is 10.1 Å². The average Bonchev–Trinajstić information content (AvgIpc) is 2.69. The highest BCUT2D eigenvalue weighted by Gasteiger charge is 2.38. The van der Waals surface area contributed by atoms with Crippen molar-refractivity contribution in [3.05, 3.63) is 65.2 Å². The van der Waals surface area contributed by atoms with Crippen LogP contribution in [0.2, 0.25) is 0 Å². The SMILES string of the molecule is COc1ccccc1CN1C2CCCC1CC(NC(=O)c1cccc(C)c1)C2. The van der Waals surface area contributed by atoms with Crippen LogP contribution in [0.4, 0.5) is 0 Å². The van der Waals surface area contributed by atoms with E-state index in [0.717, 1.165) is 36.3 Å². The molecule has 2 atom stereocenters. The number of ether oxygens (including phenoxy) is 1. The highest BCUT2D eigenvalue weighted by Crippen LogP contribution is 2.36. The number of methoxy groups -OCH3 is 1. The third-order valence-electron chi connectivity index (χ3n) is 6.29. The lowest BCUT2D eigenvalue weighted by Crippen LogP contribution is -2.56. The third kappa shape index (κ3) is 4.07. The van der Waals surface area contributed by atoms with E-state index in [2.05, 4.69) is 22.3 Å². The van der Waals surface area contributed by atoms with E-state index in [1.54, 1.807) is 7.11 Å². The summed E-state index contributed by atoms with van der Waals surface area (Å²) in [5, 5.41) is 3.31. The number of nitrogens with zero attached hydrogens (tertiary/aromatic N) is 1. The Morgan fingerprint density at radius 2 is 1.86 bits per heavy atom. The quantitative estimate of drug-likeness (QED) is 0.842. The fourth-order valence-electron chi connectivity index (χ4n) is 4.94. The zero-order chi connectivity index (χ0) is 19.5. The van der Waals surface area contributed by atoms with E-state index in [-0.39, 0.29) is 11.9 Å². The van der Waals surface area contributed by atoms with Crippen LogP contribution in [0.15, 0.2) is 48.5 Å². The second kappa shape index (κ2) is 8.36. The zero-order valence-corrected chi connectivity index (χ0v) is 16.9. The number of piperidine rings is 2. The number of para-hydroxylation sites is 1. The van der Waals surface area contributed by atoms with Crippen LogP contribution in [0.3, 0.4) is 0 Å². The average molecular weight is 379 g/mol. The van der Waals surface area contributed by atoms with E-state index in [9.17, 15) is 4.79 Å². The lowest BCUT2D eigenvalue weighted by atomic mass is 9.81. The minimum absolute atomic E-state index is 0.0601. The van der Waals surface area contributed by atoms with Gasteiger partial charge in [0.25, 0.3) is 5.91 Å². The second-order valence-electron chi connectivity index (χ2n) is 8.23. The van der Waals surface area contributed by atoms with Crippen molar-refractivity contribution in [2.75, 3.05) is 7.11 Å². The van der Waals surface area contributed by atoms with E-state index in [0.29, 0.717) is 12.1 Å². The first-order chi connectivity index (χ1) is 13.6. The van der Waals surface area contributed by atoms with Crippen molar-refractivity contribution in [1.29, 1.82) is 0 Å². The Morgan fingerprint density at radius 3 is 2.57 bits per heavy atom. The van der Waals surface area contributed by atoms with Crippen molar-refractivity contribution in [3.63, 3.8) is 0 Å². The van der Waals surface area contributed by atoms with Crippen molar-refractivity contribution in [2.24, 2.45) is 0 Å². The van der Waals surface area contributed by atoms with Crippen molar-refractivity contribution in [3.8, 4) is 5.75 Å². The molecule has 0 radical (unpaired) electrons. The summed E-state index contributed by atoms with van der Waals surface area (Å²) in [5.74, 6) is 1.03. The summed E-state index contributed by atoms with van der Waals surface area (Å²) < 4.78 is 5.56. The molecule has 4 nitrogen and oxygen atoms in total. The maximum absolute atomic E-state index is 12.7. The largest absolute Gasteiger partial charge is 0.496 e. The minimum atomic E-state index is 0.0601. The number of aryl methyl sites for hydroxylation is 1. The van der Waals surface area contributed by atoms with Crippen LogP contribution in [-0.4, -0.2) is 36.0 Å². The van der Waals surface area contributed by atoms with E-state index in [4.69, 9.17) is 4.74 Å². The van der Waals surface area contributed by atoms with Crippen molar-refractivity contribution in [1.82, 2.24) is 10.2 Å². The van der Waals surface area contributed by atoms with Crippen LogP contribution in [0.1, 0.15) is 53.6 Å². The van der Waals surface area contributed by atoms with Crippen LogP contribution in [0, 0.1) is 6.92 Å². The summed E-state index contributed by atoms with van der Waals surface area (Å²) in [7, 11) is 1.74. The predicted molar refractivity (Wildman–Crippen MR) is 112 cm³/mol. The van der Waals surface area contributed by atoms with Gasteiger partial charge in [-0.15, -0.1) is 0 Å². The van der Waals surface area contributed by atoms with Gasteiger partial charge in [0.1, 0.15) is 5.75 Å². The molecule has 2 aromatic carbocycles. The summed E-state index contributed by atoms with van der Waals surface area (Å²) in [6, 6.07) is 17.5. The third-order valence-corrected chi connectivity index (χ3v) is 6.29. The number of carbonyl (C=O) groups is 1. The molecule has 28 heavy (non-hydrogen) atoms. The molecular formula is C24H30N2O2. The Hall–Kier alpha value is -2.33. The Bertz CT molecular complexity index is 821. The molecule has 148 valence electrons. The molecule has 2 unspecified atom stereocenters. The zero-order valence-electron chi connectivity index (χ0n) is 16.9. The summed E-state index contributed by atoms with van der Waals surface area (Å²) in [4.78, 5) is 15.3. The standard InChI is InChI=1S/C24H30N2O2/c1-17-7-5-9-18(13-17)24(27)25-20-14-21-10-6-11-22(15-20)26(21)16-19-8-3-4-12-23(19)28-2/h3-5,7-9,12-13,20-22H,6,10-11,14-16H2,1-2H3,(H,25,27). The fraction of sp³-hybridized carbons (Fsp3) is 0.458. The lowest BCUT2D eigenvalue weighted by Gasteiger charge is -2.49. The molecule has 4 heteroatoms. The molecule has 1 N–H and O–H groups in total. The van der Waals surface area contributed by atoms with Gasteiger partial charge >= 0.3 is 0 Å². The predicted octanol–water partition coefficient (Wildman–Crippen LogP) is 4.32. The molecule has 4 rings (SSSR count). The van der Waals surface area contributed by atoms with Gasteiger partial charge in [-0.05, 0) is 50.8 Å². The maximum atomic E-state index is 12.7. The van der Waals surface area contributed by atoms with Gasteiger partial charge in [-0.2, -0.15) is 0 Å². The number of nitrogens with one attached hydrogen (secondary N) is 1. The molecule has 0 spiro atoms. The van der Waals surface area contributed by atoms with Gasteiger partial charge in [-0.3, -0.25) is 9.69 Å². The summed E-state index contributed by atoms with van der Waals surface area (Å²) >= 11 is 0. The fourth-order valence-corrected chi connectivity index (χ4v) is 4.94. The molecule has 2 aromatic rings. The first-order valence-electron chi connectivity index (χ1n) is 10.4. The molecule has 2 aliphatic heterocycles. The topological polar surface area (TPSA) is 41.6 Å². The number of benzene rings is 2. The molecule has 2 aliphatic rings. The van der Waals surface area contributed by atoms with E-state index < -0.39 is 0 Å². The van der Waals surface area contributed by atoms with Crippen molar-refractivity contribution < 1.29 is 9.53 Å². The molecule has 1 amide bonds. The monoisotopic (exact) mass is 378 g/mol. The number of hydrogen-bond acceptors (Lipinski definition) is 3. The molecule has 0 aromatic heterocycles. The Labute approximate surface area is 167 Å². The molecule has 2 bridgehead atoms. The van der Waals surface area contributed by atoms with Gasteiger partial charge in [-0.25, -0.2) is 0 Å².